The van der Waals surface area contributed by atoms with E-state index >= 15 is 0 Å². The van der Waals surface area contributed by atoms with E-state index < -0.39 is 12.0 Å². The Morgan fingerprint density at radius 2 is 2.22 bits per heavy atom. The van der Waals surface area contributed by atoms with Crippen molar-refractivity contribution < 1.29 is 18.7 Å². The first-order valence-corrected chi connectivity index (χ1v) is 5.19. The Morgan fingerprint density at radius 3 is 2.83 bits per heavy atom. The third-order valence-corrected chi connectivity index (χ3v) is 1.85. The molecule has 0 spiro atoms. The Morgan fingerprint density at radius 1 is 1.44 bits per heavy atom. The number of hydrogen-bond donors (Lipinski definition) is 3. The lowest BCUT2D eigenvalue weighted by Gasteiger charge is -2.07. The normalized spacial score (nSPS) is 9.83. The maximum atomic E-state index is 11.4. The molecule has 96 valence electrons. The second-order valence-electron chi connectivity index (χ2n) is 2.91. The van der Waals surface area contributed by atoms with E-state index in [1.807, 2.05) is 0 Å². The van der Waals surface area contributed by atoms with Gasteiger partial charge in [-0.05, 0) is 30.4 Å². The molecule has 0 aromatic carbocycles. The third-order valence-electron chi connectivity index (χ3n) is 1.64. The van der Waals surface area contributed by atoms with Crippen LogP contribution >= 0.6 is 12.2 Å². The van der Waals surface area contributed by atoms with Crippen LogP contribution in [0.2, 0.25) is 0 Å². The van der Waals surface area contributed by atoms with Crippen LogP contribution in [0.3, 0.4) is 0 Å². The highest BCUT2D eigenvalue weighted by molar-refractivity contribution is 7.80. The van der Waals surface area contributed by atoms with Gasteiger partial charge in [-0.15, -0.1) is 0 Å². The number of hydrazine groups is 1. The Bertz CT molecular complexity index is 456. The smallest absolute Gasteiger partial charge is 0.425 e. The number of thiocarbonyl (C=S) groups is 1. The zero-order valence-electron chi connectivity index (χ0n) is 9.43. The highest BCUT2D eigenvalue weighted by Crippen LogP contribution is 2.01. The second kappa shape index (κ2) is 7.07. The molecule has 0 bridgehead atoms. The predicted octanol–water partition coefficient (Wildman–Crippen LogP) is 0.554. The average Bonchev–Trinajstić information content (AvgIpc) is 2.86. The van der Waals surface area contributed by atoms with E-state index in [2.05, 4.69) is 20.9 Å². The topological polar surface area (TPSA) is 92.6 Å². The lowest BCUT2D eigenvalue weighted by molar-refractivity contribution is -0.115. The first kappa shape index (κ1) is 13.7. The molecule has 7 nitrogen and oxygen atoms in total. The molecule has 0 fully saturated rings. The number of amides is 2. The zero-order chi connectivity index (χ0) is 13.4. The van der Waals surface area contributed by atoms with Crippen LogP contribution in [0.4, 0.5) is 4.79 Å². The van der Waals surface area contributed by atoms with Gasteiger partial charge in [0.25, 0.3) is 0 Å². The van der Waals surface area contributed by atoms with Gasteiger partial charge in [-0.1, -0.05) is 0 Å². The molecule has 0 saturated carbocycles. The lowest BCUT2D eigenvalue weighted by Crippen LogP contribution is -2.48. The van der Waals surface area contributed by atoms with Crippen molar-refractivity contribution in [2.75, 3.05) is 7.11 Å². The molecule has 0 aliphatic carbocycles. The molecule has 0 aliphatic heterocycles. The van der Waals surface area contributed by atoms with Gasteiger partial charge in [0.1, 0.15) is 5.76 Å². The van der Waals surface area contributed by atoms with Crippen LogP contribution < -0.4 is 16.2 Å². The fourth-order valence-electron chi connectivity index (χ4n) is 0.888. The minimum absolute atomic E-state index is 0.0607. The fraction of sp³-hybridized carbons (Fsp3) is 0.100. The van der Waals surface area contributed by atoms with E-state index in [9.17, 15) is 9.59 Å². The molecule has 1 rings (SSSR count). The molecular formula is C10H11N3O4S. The zero-order valence-corrected chi connectivity index (χ0v) is 10.2. The van der Waals surface area contributed by atoms with Gasteiger partial charge in [0, 0.05) is 6.08 Å². The summed E-state index contributed by atoms with van der Waals surface area (Å²) < 4.78 is 9.28. The largest absolute Gasteiger partial charge is 0.465 e. The van der Waals surface area contributed by atoms with Crippen molar-refractivity contribution in [3.05, 3.63) is 30.2 Å². The summed E-state index contributed by atoms with van der Waals surface area (Å²) in [6.45, 7) is 0. The molecule has 8 heteroatoms. The lowest BCUT2D eigenvalue weighted by atomic mass is 10.4. The fourth-order valence-corrected chi connectivity index (χ4v) is 1.04. The molecule has 1 heterocycles. The van der Waals surface area contributed by atoms with E-state index in [1.54, 1.807) is 12.1 Å². The Balaban J connectivity index is 2.31. The first-order valence-electron chi connectivity index (χ1n) is 4.78. The van der Waals surface area contributed by atoms with Crippen molar-refractivity contribution in [2.45, 2.75) is 0 Å². The maximum Gasteiger partial charge on any atom is 0.425 e. The molecule has 3 N–H and O–H groups in total. The van der Waals surface area contributed by atoms with Gasteiger partial charge in [-0.3, -0.25) is 15.5 Å². The molecule has 18 heavy (non-hydrogen) atoms. The summed E-state index contributed by atoms with van der Waals surface area (Å²) in [6, 6.07) is 3.39. The summed E-state index contributed by atoms with van der Waals surface area (Å²) in [5, 5.41) is 2.24. The van der Waals surface area contributed by atoms with Crippen LogP contribution in [-0.4, -0.2) is 24.2 Å². The van der Waals surface area contributed by atoms with Gasteiger partial charge >= 0.3 is 6.09 Å². The third kappa shape index (κ3) is 5.12. The molecule has 0 radical (unpaired) electrons. The summed E-state index contributed by atoms with van der Waals surface area (Å²) in [5.41, 5.74) is 4.37. The summed E-state index contributed by atoms with van der Waals surface area (Å²) in [6.07, 6.45) is 3.48. The summed E-state index contributed by atoms with van der Waals surface area (Å²) >= 11 is 4.74. The number of furan rings is 1. The monoisotopic (exact) mass is 269 g/mol. The van der Waals surface area contributed by atoms with E-state index in [0.29, 0.717) is 5.76 Å². The van der Waals surface area contributed by atoms with Gasteiger partial charge in [0.2, 0.25) is 5.91 Å². The van der Waals surface area contributed by atoms with Crippen molar-refractivity contribution in [1.82, 2.24) is 16.2 Å². The number of ether oxygens (including phenoxy) is 1. The van der Waals surface area contributed by atoms with Crippen LogP contribution in [0, 0.1) is 0 Å². The van der Waals surface area contributed by atoms with Crippen molar-refractivity contribution in [3.8, 4) is 0 Å². The number of hydrogen-bond acceptors (Lipinski definition) is 5. The average molecular weight is 269 g/mol. The van der Waals surface area contributed by atoms with Crippen LogP contribution in [0.5, 0.6) is 0 Å². The van der Waals surface area contributed by atoms with Gasteiger partial charge in [0.15, 0.2) is 5.11 Å². The summed E-state index contributed by atoms with van der Waals surface area (Å²) in [5.74, 6) is 0.0762. The van der Waals surface area contributed by atoms with Crippen molar-refractivity contribution >= 4 is 35.4 Å². The summed E-state index contributed by atoms with van der Waals surface area (Å²) in [4.78, 5) is 22.0. The molecule has 0 saturated heterocycles. The predicted molar refractivity (Wildman–Crippen MR) is 67.2 cm³/mol. The number of carbonyl (C=O) groups excluding carboxylic acids is 2. The van der Waals surface area contributed by atoms with Crippen LogP contribution in [0.25, 0.3) is 6.08 Å². The van der Waals surface area contributed by atoms with E-state index in [-0.39, 0.29) is 5.11 Å². The standard InChI is InChI=1S/C10H11N3O4S/c1-16-10(15)13-12-9(18)11-8(14)5-4-7-3-2-6-17-7/h2-6H,1H3,(H,13,15)(H2,11,12,14,18)/b5-4+. The van der Waals surface area contributed by atoms with Crippen molar-refractivity contribution in [1.29, 1.82) is 0 Å². The van der Waals surface area contributed by atoms with Crippen molar-refractivity contribution in [2.24, 2.45) is 0 Å². The molecule has 2 amide bonds. The maximum absolute atomic E-state index is 11.4. The molecular weight excluding hydrogens is 258 g/mol. The molecule has 1 aromatic heterocycles. The molecule has 1 aromatic rings. The van der Waals surface area contributed by atoms with Gasteiger partial charge in [0.05, 0.1) is 13.4 Å². The quantitative estimate of drug-likeness (QED) is 0.412. The van der Waals surface area contributed by atoms with E-state index in [4.69, 9.17) is 16.6 Å². The van der Waals surface area contributed by atoms with E-state index in [0.717, 1.165) is 0 Å². The Labute approximate surface area is 108 Å². The Hall–Kier alpha value is -2.35. The van der Waals surface area contributed by atoms with Gasteiger partial charge < -0.3 is 9.15 Å². The number of rotatable bonds is 2. The van der Waals surface area contributed by atoms with E-state index in [1.165, 1.54) is 25.5 Å². The van der Waals surface area contributed by atoms with Gasteiger partial charge in [-0.2, -0.15) is 0 Å². The highest BCUT2D eigenvalue weighted by atomic mass is 32.1. The second-order valence-corrected chi connectivity index (χ2v) is 3.32. The summed E-state index contributed by atoms with van der Waals surface area (Å²) in [7, 11) is 1.20. The number of methoxy groups -OCH3 is 1. The SMILES string of the molecule is COC(=O)NNC(=S)NC(=O)/C=C/c1ccco1. The minimum Gasteiger partial charge on any atom is -0.465 e. The molecule has 0 unspecified atom stereocenters. The Kier molecular flexibility index (Phi) is 5.39. The minimum atomic E-state index is -0.724. The van der Waals surface area contributed by atoms with Crippen LogP contribution in [0.15, 0.2) is 28.9 Å². The first-order chi connectivity index (χ1) is 8.61. The van der Waals surface area contributed by atoms with Crippen LogP contribution in [0.1, 0.15) is 5.76 Å². The number of nitrogens with one attached hydrogen (secondary N) is 3. The van der Waals surface area contributed by atoms with Crippen LogP contribution in [-0.2, 0) is 9.53 Å². The van der Waals surface area contributed by atoms with Gasteiger partial charge in [-0.25, -0.2) is 10.2 Å². The molecule has 0 aliphatic rings. The molecule has 0 atom stereocenters. The number of carbonyl (C=O) groups is 2. The highest BCUT2D eigenvalue weighted by Gasteiger charge is 2.02. The van der Waals surface area contributed by atoms with Crippen molar-refractivity contribution in [3.63, 3.8) is 0 Å².